The smallest absolute Gasteiger partial charge is 1.00 e. The Kier molecular flexibility index (Phi) is 23.2. The third-order valence-corrected chi connectivity index (χ3v) is 0. The summed E-state index contributed by atoms with van der Waals surface area (Å²) in [6.45, 7) is 0. The van der Waals surface area contributed by atoms with Crippen LogP contribution < -0.4 is 0 Å². The average molecular weight is 350 g/mol. The zero-order chi connectivity index (χ0) is 13.5. The fraction of sp³-hybridized carbons (Fsp3) is 0. The van der Waals surface area contributed by atoms with Gasteiger partial charge in [-0.25, -0.2) is 13.7 Å². The fourth-order valence-corrected chi connectivity index (χ4v) is 0. The molecule has 0 saturated carbocycles. The summed E-state index contributed by atoms with van der Waals surface area (Å²) in [4.78, 5) is 64.7. The van der Waals surface area contributed by atoms with Crippen molar-refractivity contribution in [1.29, 1.82) is 0 Å². The summed E-state index contributed by atoms with van der Waals surface area (Å²) in [5.41, 5.74) is 0. The molecule has 0 bridgehead atoms. The van der Waals surface area contributed by atoms with Crippen LogP contribution in [0.2, 0.25) is 0 Å². The summed E-state index contributed by atoms with van der Waals surface area (Å²) < 4.78 is 26.6. The molecule has 9 N–H and O–H groups in total. The van der Waals surface area contributed by atoms with Gasteiger partial charge in [0.25, 0.3) is 0 Å². The third-order valence-electron chi connectivity index (χ3n) is 0. The van der Waals surface area contributed by atoms with Gasteiger partial charge in [0.05, 0.1) is 0 Å². The fourth-order valence-electron chi connectivity index (χ4n) is 0. The van der Waals surface area contributed by atoms with Crippen molar-refractivity contribution in [2.45, 2.75) is 0 Å². The first-order valence-corrected chi connectivity index (χ1v) is 7.04. The molecule has 0 aliphatic heterocycles. The van der Waals surface area contributed by atoms with Crippen LogP contribution in [0.3, 0.4) is 0 Å². The molecular formula is H14AlMgO12P3. The molecule has 0 unspecified atom stereocenters. The molecule has 0 atom stereocenters. The first kappa shape index (κ1) is 31.2. The Balaban J connectivity index is -0.0000000206. The van der Waals surface area contributed by atoms with Gasteiger partial charge in [0, 0.05) is 0 Å². The van der Waals surface area contributed by atoms with Crippen molar-refractivity contribution in [2.24, 2.45) is 0 Å². The summed E-state index contributed by atoms with van der Waals surface area (Å²) in [5.74, 6) is 0. The van der Waals surface area contributed by atoms with Crippen molar-refractivity contribution in [3.63, 3.8) is 0 Å². The number of hydrogen-bond donors (Lipinski definition) is 9. The molecule has 0 radical (unpaired) electrons. The standard InChI is InChI=1S/Al.Mg.3H3O4P.5H/c;;3*1-5(2,3)4;;;;;/h;;3*(H3,1,2,3,4);;;;;/q;+2;;;;;;;2*-1. The molecule has 0 rings (SSSR count). The summed E-state index contributed by atoms with van der Waals surface area (Å²) in [7, 11) is -13.9. The second kappa shape index (κ2) is 12.7. The molecular weight excluding hydrogens is 336 g/mol. The Labute approximate surface area is 124 Å². The Bertz CT molecular complexity index is 217. The van der Waals surface area contributed by atoms with E-state index in [2.05, 4.69) is 0 Å². The van der Waals surface area contributed by atoms with Gasteiger partial charge >= 0.3 is 46.5 Å². The van der Waals surface area contributed by atoms with Crippen molar-refractivity contribution < 1.29 is 60.6 Å². The Hall–Kier alpha value is 1.63. The molecule has 0 aromatic rings. The van der Waals surface area contributed by atoms with Crippen molar-refractivity contribution in [1.82, 2.24) is 0 Å². The molecule has 0 fully saturated rings. The quantitative estimate of drug-likeness (QED) is 0.150. The van der Waals surface area contributed by atoms with Gasteiger partial charge in [-0.05, 0) is 0 Å². The summed E-state index contributed by atoms with van der Waals surface area (Å²) in [5, 5.41) is 0. The van der Waals surface area contributed by atoms with E-state index in [1.54, 1.807) is 0 Å². The van der Waals surface area contributed by atoms with Crippen LogP contribution in [-0.2, 0) is 13.7 Å². The van der Waals surface area contributed by atoms with Crippen LogP contribution in [0.5, 0.6) is 0 Å². The minimum Gasteiger partial charge on any atom is -1.00 e. The van der Waals surface area contributed by atoms with Crippen LogP contribution in [0.4, 0.5) is 0 Å². The van der Waals surface area contributed by atoms with E-state index in [-0.39, 0.29) is 43.3 Å². The van der Waals surface area contributed by atoms with Gasteiger partial charge in [0.1, 0.15) is 0 Å². The summed E-state index contributed by atoms with van der Waals surface area (Å²) in [6, 6.07) is 0. The van der Waals surface area contributed by atoms with E-state index in [0.29, 0.717) is 0 Å². The number of phosphoric acid groups is 3. The second-order valence-electron chi connectivity index (χ2n) is 1.54. The molecule has 106 valence electrons. The SMILES string of the molecule is O=P(O)(O)O.O=P(O)(O)O.O=P(O)(O)O.[AlH3].[H-].[H-].[Mg+2]. The predicted molar refractivity (Wildman–Crippen MR) is 60.7 cm³/mol. The molecule has 17 heteroatoms. The molecule has 0 aromatic carbocycles. The monoisotopic (exact) mass is 350 g/mol. The van der Waals surface area contributed by atoms with Crippen LogP contribution in [0.15, 0.2) is 0 Å². The molecule has 0 amide bonds. The summed E-state index contributed by atoms with van der Waals surface area (Å²) in [6.07, 6.45) is 0. The molecule has 0 aliphatic rings. The maximum Gasteiger partial charge on any atom is 2.00 e. The predicted octanol–water partition coefficient (Wildman–Crippen LogP) is -4.13. The van der Waals surface area contributed by atoms with Gasteiger partial charge < -0.3 is 46.9 Å². The number of hydrogen-bond acceptors (Lipinski definition) is 3. The Morgan fingerprint density at radius 2 is 0.529 bits per heavy atom. The minimum atomic E-state index is -4.64. The third kappa shape index (κ3) is 1620. The van der Waals surface area contributed by atoms with E-state index in [1.807, 2.05) is 0 Å². The maximum atomic E-state index is 8.88. The van der Waals surface area contributed by atoms with Gasteiger partial charge in [-0.2, -0.15) is 0 Å². The topological polar surface area (TPSA) is 233 Å². The molecule has 17 heavy (non-hydrogen) atoms. The second-order valence-corrected chi connectivity index (χ2v) is 4.62. The van der Waals surface area contributed by atoms with Gasteiger partial charge in [0.15, 0.2) is 17.4 Å². The zero-order valence-corrected chi connectivity index (χ0v) is 11.4. The zero-order valence-electron chi connectivity index (χ0n) is 9.30. The van der Waals surface area contributed by atoms with E-state index < -0.39 is 23.5 Å². The van der Waals surface area contributed by atoms with E-state index in [0.717, 1.165) is 0 Å². The van der Waals surface area contributed by atoms with Gasteiger partial charge in [-0.1, -0.05) is 0 Å². The average Bonchev–Trinajstić information content (AvgIpc) is 1.41. The largest absolute Gasteiger partial charge is 2.00 e. The summed E-state index contributed by atoms with van der Waals surface area (Å²) >= 11 is 0. The first-order chi connectivity index (χ1) is 6.00. The van der Waals surface area contributed by atoms with E-state index in [4.69, 9.17) is 57.7 Å². The van der Waals surface area contributed by atoms with Crippen molar-refractivity contribution in [2.75, 3.05) is 0 Å². The van der Waals surface area contributed by atoms with E-state index >= 15 is 0 Å². The molecule has 0 saturated heterocycles. The number of rotatable bonds is 0. The molecule has 0 aliphatic carbocycles. The molecule has 0 aromatic heterocycles. The van der Waals surface area contributed by atoms with Gasteiger partial charge in [-0.15, -0.1) is 0 Å². The van der Waals surface area contributed by atoms with E-state index in [9.17, 15) is 0 Å². The van der Waals surface area contributed by atoms with E-state index in [1.165, 1.54) is 0 Å². The van der Waals surface area contributed by atoms with Crippen molar-refractivity contribution >= 4 is 63.9 Å². The maximum absolute atomic E-state index is 8.88. The van der Waals surface area contributed by atoms with Crippen LogP contribution in [-0.4, -0.2) is 84.5 Å². The van der Waals surface area contributed by atoms with Crippen LogP contribution in [0, 0.1) is 0 Å². The van der Waals surface area contributed by atoms with Crippen molar-refractivity contribution in [3.05, 3.63) is 0 Å². The van der Waals surface area contributed by atoms with Gasteiger partial charge in [0.2, 0.25) is 0 Å². The van der Waals surface area contributed by atoms with Crippen LogP contribution in [0.25, 0.3) is 0 Å². The van der Waals surface area contributed by atoms with Gasteiger partial charge in [-0.3, -0.25) is 0 Å². The minimum absolute atomic E-state index is 0. The Morgan fingerprint density at radius 1 is 0.529 bits per heavy atom. The first-order valence-electron chi connectivity index (χ1n) is 2.35. The van der Waals surface area contributed by atoms with Crippen LogP contribution >= 0.6 is 23.5 Å². The molecule has 12 nitrogen and oxygen atoms in total. The van der Waals surface area contributed by atoms with Crippen LogP contribution in [0.1, 0.15) is 2.85 Å². The molecule has 0 heterocycles. The molecule has 0 spiro atoms. The van der Waals surface area contributed by atoms with Crippen molar-refractivity contribution in [3.8, 4) is 0 Å². The Morgan fingerprint density at radius 3 is 0.529 bits per heavy atom. The normalized spacial score (nSPS) is 10.4.